The Morgan fingerprint density at radius 1 is 1.07 bits per heavy atom. The molecule has 1 aromatic carbocycles. The van der Waals surface area contributed by atoms with Crippen LogP contribution in [0.5, 0.6) is 0 Å². The van der Waals surface area contributed by atoms with Gasteiger partial charge in [-0.2, -0.15) is 0 Å². The van der Waals surface area contributed by atoms with Crippen LogP contribution < -0.4 is 11.5 Å². The maximum Gasteiger partial charge on any atom is 0.249 e. The third-order valence-corrected chi connectivity index (χ3v) is 1.64. The lowest BCUT2D eigenvalue weighted by atomic mass is 10.1. The second-order valence-corrected chi connectivity index (χ2v) is 2.69. The Kier molecular flexibility index (Phi) is 3.01. The summed E-state index contributed by atoms with van der Waals surface area (Å²) < 4.78 is 0. The van der Waals surface area contributed by atoms with E-state index in [2.05, 4.69) is 0 Å². The quantitative estimate of drug-likeness (QED) is 0.659. The highest BCUT2D eigenvalue weighted by molar-refractivity contribution is 6.22. The van der Waals surface area contributed by atoms with Gasteiger partial charge in [0, 0.05) is 6.08 Å². The van der Waals surface area contributed by atoms with Crippen molar-refractivity contribution in [3.05, 3.63) is 42.0 Å². The van der Waals surface area contributed by atoms with Crippen LogP contribution in [0.2, 0.25) is 0 Å². The summed E-state index contributed by atoms with van der Waals surface area (Å²) in [4.78, 5) is 21.6. The Labute approximate surface area is 81.2 Å². The van der Waals surface area contributed by atoms with Crippen molar-refractivity contribution in [2.45, 2.75) is 0 Å². The van der Waals surface area contributed by atoms with E-state index < -0.39 is 11.8 Å². The number of amides is 2. The minimum absolute atomic E-state index is 0.123. The Morgan fingerprint density at radius 2 is 1.64 bits per heavy atom. The number of primary amides is 2. The van der Waals surface area contributed by atoms with Gasteiger partial charge >= 0.3 is 0 Å². The normalized spacial score (nSPS) is 11.0. The smallest absolute Gasteiger partial charge is 0.249 e. The summed E-state index contributed by atoms with van der Waals surface area (Å²) in [5, 5.41) is 0. The molecule has 1 aromatic rings. The summed E-state index contributed by atoms with van der Waals surface area (Å²) in [7, 11) is 0. The molecule has 72 valence electrons. The van der Waals surface area contributed by atoms with Crippen LogP contribution in [-0.2, 0) is 9.59 Å². The lowest BCUT2D eigenvalue weighted by Crippen LogP contribution is -2.16. The van der Waals surface area contributed by atoms with Crippen LogP contribution >= 0.6 is 0 Å². The van der Waals surface area contributed by atoms with Crippen LogP contribution in [0.4, 0.5) is 0 Å². The molecule has 0 aromatic heterocycles. The van der Waals surface area contributed by atoms with Crippen molar-refractivity contribution in [2.75, 3.05) is 0 Å². The molecule has 14 heavy (non-hydrogen) atoms. The van der Waals surface area contributed by atoms with Gasteiger partial charge in [-0.15, -0.1) is 0 Å². The first-order valence-electron chi connectivity index (χ1n) is 3.97. The molecule has 0 unspecified atom stereocenters. The number of rotatable bonds is 3. The zero-order chi connectivity index (χ0) is 10.6. The lowest BCUT2D eigenvalue weighted by Gasteiger charge is -2.01. The largest absolute Gasteiger partial charge is 0.366 e. The number of hydrogen-bond acceptors (Lipinski definition) is 2. The predicted octanol–water partition coefficient (Wildman–Crippen LogP) is 0.0406. The SMILES string of the molecule is NC(=O)/C=C(\C(N)=O)c1ccccc1. The predicted molar refractivity (Wildman–Crippen MR) is 52.8 cm³/mol. The molecule has 4 N–H and O–H groups in total. The molecule has 0 radical (unpaired) electrons. The van der Waals surface area contributed by atoms with Crippen molar-refractivity contribution in [2.24, 2.45) is 11.5 Å². The first-order chi connectivity index (χ1) is 6.61. The molecule has 0 saturated heterocycles. The fourth-order valence-corrected chi connectivity index (χ4v) is 1.06. The first kappa shape index (κ1) is 9.98. The Balaban J connectivity index is 3.14. The average Bonchev–Trinajstić information content (AvgIpc) is 2.15. The third kappa shape index (κ3) is 2.45. The molecular weight excluding hydrogens is 180 g/mol. The minimum atomic E-state index is -0.692. The van der Waals surface area contributed by atoms with Gasteiger partial charge in [0.25, 0.3) is 0 Å². The molecule has 0 heterocycles. The number of benzene rings is 1. The van der Waals surface area contributed by atoms with E-state index >= 15 is 0 Å². The van der Waals surface area contributed by atoms with Gasteiger partial charge < -0.3 is 11.5 Å². The van der Waals surface area contributed by atoms with Gasteiger partial charge in [0.2, 0.25) is 11.8 Å². The Hall–Kier alpha value is -2.10. The van der Waals surface area contributed by atoms with Crippen molar-refractivity contribution < 1.29 is 9.59 Å². The fraction of sp³-hybridized carbons (Fsp3) is 0. The average molecular weight is 190 g/mol. The van der Waals surface area contributed by atoms with Crippen LogP contribution in [0, 0.1) is 0 Å². The first-order valence-corrected chi connectivity index (χ1v) is 3.97. The number of hydrogen-bond donors (Lipinski definition) is 2. The highest BCUT2D eigenvalue weighted by Crippen LogP contribution is 2.12. The molecule has 0 atom stereocenters. The van der Waals surface area contributed by atoms with Gasteiger partial charge in [0.1, 0.15) is 0 Å². The molecule has 0 bridgehead atoms. The van der Waals surface area contributed by atoms with E-state index in [0.717, 1.165) is 6.08 Å². The molecule has 0 saturated carbocycles. The van der Waals surface area contributed by atoms with Crippen molar-refractivity contribution >= 4 is 17.4 Å². The van der Waals surface area contributed by atoms with E-state index in [1.165, 1.54) is 0 Å². The zero-order valence-corrected chi connectivity index (χ0v) is 7.44. The molecule has 4 heteroatoms. The van der Waals surface area contributed by atoms with Crippen LogP contribution in [-0.4, -0.2) is 11.8 Å². The highest BCUT2D eigenvalue weighted by atomic mass is 16.1. The van der Waals surface area contributed by atoms with Gasteiger partial charge in [-0.05, 0) is 5.56 Å². The summed E-state index contributed by atoms with van der Waals surface area (Å²) >= 11 is 0. The number of nitrogens with two attached hydrogens (primary N) is 2. The van der Waals surface area contributed by atoms with Gasteiger partial charge in [0.15, 0.2) is 0 Å². The topological polar surface area (TPSA) is 86.2 Å². The molecular formula is C10H10N2O2. The van der Waals surface area contributed by atoms with Gasteiger partial charge in [-0.3, -0.25) is 9.59 Å². The van der Waals surface area contributed by atoms with Crippen molar-refractivity contribution in [3.8, 4) is 0 Å². The third-order valence-electron chi connectivity index (χ3n) is 1.64. The van der Waals surface area contributed by atoms with Gasteiger partial charge in [-0.1, -0.05) is 30.3 Å². The van der Waals surface area contributed by atoms with Crippen LogP contribution in [0.25, 0.3) is 5.57 Å². The zero-order valence-electron chi connectivity index (χ0n) is 7.44. The molecule has 2 amide bonds. The summed E-state index contributed by atoms with van der Waals surface area (Å²) in [6.07, 6.45) is 1.03. The second-order valence-electron chi connectivity index (χ2n) is 2.69. The summed E-state index contributed by atoms with van der Waals surface area (Å²) in [5.41, 5.74) is 10.8. The Bertz CT molecular complexity index is 382. The summed E-state index contributed by atoms with van der Waals surface area (Å²) in [6, 6.07) is 8.64. The second kappa shape index (κ2) is 4.23. The van der Waals surface area contributed by atoms with Crippen LogP contribution in [0.15, 0.2) is 36.4 Å². The standard InChI is InChI=1S/C10H10N2O2/c11-9(13)6-8(10(12)14)7-4-2-1-3-5-7/h1-6H,(H2,11,13)(H2,12,14)/b8-6-. The lowest BCUT2D eigenvalue weighted by molar-refractivity contribution is -0.115. The molecule has 0 aliphatic heterocycles. The summed E-state index contributed by atoms with van der Waals surface area (Å²) in [6.45, 7) is 0. The molecule has 0 aliphatic carbocycles. The highest BCUT2D eigenvalue weighted by Gasteiger charge is 2.08. The molecule has 4 nitrogen and oxygen atoms in total. The van der Waals surface area contributed by atoms with Crippen LogP contribution in [0.1, 0.15) is 5.56 Å². The molecule has 0 aliphatic rings. The fourth-order valence-electron chi connectivity index (χ4n) is 1.06. The number of carbonyl (C=O) groups is 2. The number of carbonyl (C=O) groups excluding carboxylic acids is 2. The van der Waals surface area contributed by atoms with Crippen molar-refractivity contribution in [3.63, 3.8) is 0 Å². The maximum absolute atomic E-state index is 11.0. The van der Waals surface area contributed by atoms with E-state index in [9.17, 15) is 9.59 Å². The molecule has 0 fully saturated rings. The maximum atomic E-state index is 11.0. The molecule has 1 rings (SSSR count). The van der Waals surface area contributed by atoms with E-state index in [1.54, 1.807) is 30.3 Å². The summed E-state index contributed by atoms with van der Waals surface area (Å²) in [5.74, 6) is -1.36. The van der Waals surface area contributed by atoms with Crippen molar-refractivity contribution in [1.82, 2.24) is 0 Å². The van der Waals surface area contributed by atoms with E-state index in [1.807, 2.05) is 0 Å². The van der Waals surface area contributed by atoms with Crippen molar-refractivity contribution in [1.29, 1.82) is 0 Å². The Morgan fingerprint density at radius 3 is 2.07 bits per heavy atom. The minimum Gasteiger partial charge on any atom is -0.366 e. The van der Waals surface area contributed by atoms with Gasteiger partial charge in [-0.25, -0.2) is 0 Å². The van der Waals surface area contributed by atoms with E-state index in [0.29, 0.717) is 5.56 Å². The molecule has 0 spiro atoms. The van der Waals surface area contributed by atoms with E-state index in [4.69, 9.17) is 11.5 Å². The van der Waals surface area contributed by atoms with Gasteiger partial charge in [0.05, 0.1) is 5.57 Å². The van der Waals surface area contributed by atoms with Crippen LogP contribution in [0.3, 0.4) is 0 Å². The van der Waals surface area contributed by atoms with E-state index in [-0.39, 0.29) is 5.57 Å². The monoisotopic (exact) mass is 190 g/mol.